The monoisotopic (exact) mass is 447 g/mol. The standard InChI is InChI=1S/C25H25N3O3S/c1-25(2,3)19-9-5-18(6-10-19)23(29)16-20-15-22(28-24(27-20)13-14-26-28)17-7-11-21(12-8-17)32(4,30)31/h5-15H,16H2,1-4H3. The maximum atomic E-state index is 12.9. The van der Waals surface area contributed by atoms with Gasteiger partial charge in [-0.05, 0) is 29.2 Å². The normalized spacial score (nSPS) is 12.2. The molecule has 2 aromatic heterocycles. The first kappa shape index (κ1) is 21.9. The molecule has 32 heavy (non-hydrogen) atoms. The maximum absolute atomic E-state index is 12.9. The smallest absolute Gasteiger partial charge is 0.175 e. The molecule has 0 bridgehead atoms. The molecule has 0 radical (unpaired) electrons. The molecule has 4 rings (SSSR count). The van der Waals surface area contributed by atoms with Crippen molar-refractivity contribution < 1.29 is 13.2 Å². The summed E-state index contributed by atoms with van der Waals surface area (Å²) in [5, 5.41) is 4.33. The zero-order valence-corrected chi connectivity index (χ0v) is 19.3. The van der Waals surface area contributed by atoms with E-state index >= 15 is 0 Å². The van der Waals surface area contributed by atoms with Crippen molar-refractivity contribution in [1.82, 2.24) is 14.6 Å². The number of aromatic nitrogens is 3. The van der Waals surface area contributed by atoms with Gasteiger partial charge < -0.3 is 0 Å². The summed E-state index contributed by atoms with van der Waals surface area (Å²) in [4.78, 5) is 17.8. The van der Waals surface area contributed by atoms with Crippen molar-refractivity contribution in [3.63, 3.8) is 0 Å². The maximum Gasteiger partial charge on any atom is 0.175 e. The third kappa shape index (κ3) is 4.48. The zero-order chi connectivity index (χ0) is 23.1. The van der Waals surface area contributed by atoms with Crippen molar-refractivity contribution in [2.24, 2.45) is 0 Å². The Morgan fingerprint density at radius 1 is 0.969 bits per heavy atom. The Balaban J connectivity index is 1.67. The SMILES string of the molecule is CC(C)(C)c1ccc(C(=O)Cc2cc(-c3ccc(S(C)(=O)=O)cc3)n3nccc3n2)cc1. The van der Waals surface area contributed by atoms with Crippen LogP contribution in [0.2, 0.25) is 0 Å². The highest BCUT2D eigenvalue weighted by Gasteiger charge is 2.16. The van der Waals surface area contributed by atoms with E-state index < -0.39 is 9.84 Å². The van der Waals surface area contributed by atoms with E-state index in [1.807, 2.05) is 30.3 Å². The highest BCUT2D eigenvalue weighted by atomic mass is 32.2. The first-order chi connectivity index (χ1) is 15.0. The van der Waals surface area contributed by atoms with Crippen LogP contribution in [0.4, 0.5) is 0 Å². The molecule has 0 spiro atoms. The molecule has 0 N–H and O–H groups in total. The predicted molar refractivity (Wildman–Crippen MR) is 125 cm³/mol. The van der Waals surface area contributed by atoms with Crippen LogP contribution in [0, 0.1) is 0 Å². The molecule has 0 fully saturated rings. The van der Waals surface area contributed by atoms with Crippen molar-refractivity contribution in [2.75, 3.05) is 6.26 Å². The average Bonchev–Trinajstić information content (AvgIpc) is 3.21. The molecule has 0 saturated heterocycles. The van der Waals surface area contributed by atoms with E-state index in [1.165, 1.54) is 11.8 Å². The zero-order valence-electron chi connectivity index (χ0n) is 18.5. The van der Waals surface area contributed by atoms with Crippen molar-refractivity contribution >= 4 is 21.3 Å². The molecule has 0 saturated carbocycles. The second kappa shape index (κ2) is 7.98. The largest absolute Gasteiger partial charge is 0.294 e. The minimum absolute atomic E-state index is 0.0137. The number of carbonyl (C=O) groups excluding carboxylic acids is 1. The van der Waals surface area contributed by atoms with Gasteiger partial charge in [0.15, 0.2) is 21.3 Å². The third-order valence-corrected chi connectivity index (χ3v) is 6.53. The summed E-state index contributed by atoms with van der Waals surface area (Å²) in [5.74, 6) is -0.0137. The van der Waals surface area contributed by atoms with Gasteiger partial charge in [-0.2, -0.15) is 5.10 Å². The molecule has 7 heteroatoms. The molecule has 0 atom stereocenters. The molecule has 0 amide bonds. The lowest BCUT2D eigenvalue weighted by molar-refractivity contribution is 0.0992. The minimum Gasteiger partial charge on any atom is -0.294 e. The lowest BCUT2D eigenvalue weighted by Crippen LogP contribution is -2.12. The summed E-state index contributed by atoms with van der Waals surface area (Å²) in [6.45, 7) is 6.41. The van der Waals surface area contributed by atoms with Crippen LogP contribution >= 0.6 is 0 Å². The van der Waals surface area contributed by atoms with Crippen LogP contribution in [0.15, 0.2) is 71.8 Å². The Labute approximate surface area is 187 Å². The summed E-state index contributed by atoms with van der Waals surface area (Å²) < 4.78 is 25.2. The lowest BCUT2D eigenvalue weighted by Gasteiger charge is -2.19. The predicted octanol–water partition coefficient (Wildman–Crippen LogP) is 4.52. The van der Waals surface area contributed by atoms with Gasteiger partial charge in [0, 0.05) is 23.4 Å². The third-order valence-electron chi connectivity index (χ3n) is 5.41. The summed E-state index contributed by atoms with van der Waals surface area (Å²) in [6, 6.07) is 18.0. The van der Waals surface area contributed by atoms with Gasteiger partial charge in [0.2, 0.25) is 0 Å². The molecule has 164 valence electrons. The van der Waals surface area contributed by atoms with Gasteiger partial charge >= 0.3 is 0 Å². The number of fused-ring (bicyclic) bond motifs is 1. The number of hydrogen-bond acceptors (Lipinski definition) is 5. The van der Waals surface area contributed by atoms with Crippen LogP contribution in [0.25, 0.3) is 16.9 Å². The second-order valence-corrected chi connectivity index (χ2v) is 11.0. The molecule has 4 aromatic rings. The van der Waals surface area contributed by atoms with Gasteiger partial charge in [0.05, 0.1) is 28.9 Å². The molecular weight excluding hydrogens is 422 g/mol. The number of benzene rings is 2. The van der Waals surface area contributed by atoms with E-state index in [2.05, 4.69) is 30.9 Å². The van der Waals surface area contributed by atoms with Crippen LogP contribution in [0.1, 0.15) is 42.4 Å². The fourth-order valence-electron chi connectivity index (χ4n) is 3.56. The Morgan fingerprint density at radius 3 is 2.22 bits per heavy atom. The van der Waals surface area contributed by atoms with Crippen LogP contribution in [0.3, 0.4) is 0 Å². The van der Waals surface area contributed by atoms with Gasteiger partial charge in [-0.3, -0.25) is 4.79 Å². The van der Waals surface area contributed by atoms with Crippen molar-refractivity contribution in [3.05, 3.63) is 83.7 Å². The molecule has 0 aliphatic rings. The lowest BCUT2D eigenvalue weighted by atomic mass is 9.86. The fraction of sp³-hybridized carbons (Fsp3) is 0.240. The fourth-order valence-corrected chi connectivity index (χ4v) is 4.19. The highest BCUT2D eigenvalue weighted by Crippen LogP contribution is 2.25. The Morgan fingerprint density at radius 2 is 1.62 bits per heavy atom. The molecular formula is C25H25N3O3S. The second-order valence-electron chi connectivity index (χ2n) is 8.96. The highest BCUT2D eigenvalue weighted by molar-refractivity contribution is 7.90. The molecule has 2 aromatic carbocycles. The van der Waals surface area contributed by atoms with Crippen LogP contribution < -0.4 is 0 Å². The van der Waals surface area contributed by atoms with Crippen molar-refractivity contribution in [1.29, 1.82) is 0 Å². The summed E-state index contributed by atoms with van der Waals surface area (Å²) in [6.07, 6.45) is 2.98. The van der Waals surface area contributed by atoms with E-state index in [0.29, 0.717) is 16.9 Å². The number of carbonyl (C=O) groups is 1. The first-order valence-corrected chi connectivity index (χ1v) is 12.2. The Bertz CT molecular complexity index is 1400. The summed E-state index contributed by atoms with van der Waals surface area (Å²) in [5.41, 5.74) is 4.63. The average molecular weight is 448 g/mol. The number of ketones is 1. The van der Waals surface area contributed by atoms with Gasteiger partial charge in [-0.15, -0.1) is 0 Å². The molecule has 0 aliphatic carbocycles. The van der Waals surface area contributed by atoms with E-state index in [9.17, 15) is 13.2 Å². The number of rotatable bonds is 5. The number of sulfone groups is 1. The van der Waals surface area contributed by atoms with E-state index in [4.69, 9.17) is 0 Å². The van der Waals surface area contributed by atoms with Gasteiger partial charge in [-0.25, -0.2) is 17.9 Å². The van der Waals surface area contributed by atoms with Gasteiger partial charge in [0.1, 0.15) is 0 Å². The van der Waals surface area contributed by atoms with Gasteiger partial charge in [-0.1, -0.05) is 57.2 Å². The Kier molecular flexibility index (Phi) is 5.46. The Hall–Kier alpha value is -3.32. The molecule has 0 aliphatic heterocycles. The first-order valence-electron chi connectivity index (χ1n) is 10.3. The quantitative estimate of drug-likeness (QED) is 0.420. The van der Waals surface area contributed by atoms with Crippen LogP contribution in [0.5, 0.6) is 0 Å². The van der Waals surface area contributed by atoms with Crippen molar-refractivity contribution in [2.45, 2.75) is 37.5 Å². The van der Waals surface area contributed by atoms with E-state index in [-0.39, 0.29) is 22.5 Å². The van der Waals surface area contributed by atoms with E-state index in [1.54, 1.807) is 41.0 Å². The van der Waals surface area contributed by atoms with Crippen molar-refractivity contribution in [3.8, 4) is 11.3 Å². The van der Waals surface area contributed by atoms with Gasteiger partial charge in [0.25, 0.3) is 0 Å². The topological polar surface area (TPSA) is 81.4 Å². The summed E-state index contributed by atoms with van der Waals surface area (Å²) in [7, 11) is -3.28. The molecule has 6 nitrogen and oxygen atoms in total. The van der Waals surface area contributed by atoms with E-state index in [0.717, 1.165) is 11.3 Å². The molecule has 0 unspecified atom stereocenters. The number of hydrogen-bond donors (Lipinski definition) is 0. The molecule has 2 heterocycles. The van der Waals surface area contributed by atoms with Crippen LogP contribution in [-0.2, 0) is 21.7 Å². The number of nitrogens with zero attached hydrogens (tertiary/aromatic N) is 3. The van der Waals surface area contributed by atoms with Crippen LogP contribution in [-0.4, -0.2) is 35.1 Å². The number of Topliss-reactive ketones (excluding diaryl/α,β-unsaturated/α-hetero) is 1. The summed E-state index contributed by atoms with van der Waals surface area (Å²) >= 11 is 0. The minimum atomic E-state index is -3.28.